The third-order valence-electron chi connectivity index (χ3n) is 4.67. The van der Waals surface area contributed by atoms with Gasteiger partial charge in [-0.25, -0.2) is 0 Å². The van der Waals surface area contributed by atoms with Gasteiger partial charge in [0.15, 0.2) is 14.7 Å². The summed E-state index contributed by atoms with van der Waals surface area (Å²) >= 11 is 0. The monoisotopic (exact) mass is 347 g/mol. The highest BCUT2D eigenvalue weighted by molar-refractivity contribution is 7.97. The number of benzene rings is 3. The molecule has 0 aliphatic carbocycles. The first-order valence-corrected chi connectivity index (χ1v) is 10.5. The maximum atomic E-state index is 2.35. The third kappa shape index (κ3) is 4.35. The second-order valence-electron chi connectivity index (χ2n) is 6.40. The molecule has 25 heavy (non-hydrogen) atoms. The van der Waals surface area contributed by atoms with Crippen LogP contribution in [0.5, 0.6) is 0 Å². The molecule has 128 valence electrons. The summed E-state index contributed by atoms with van der Waals surface area (Å²) in [6.07, 6.45) is 3.74. The molecule has 0 fully saturated rings. The largest absolute Gasteiger partial charge is 0.166 e. The minimum Gasteiger partial charge on any atom is -0.0654 e. The molecular weight excluding hydrogens is 320 g/mol. The maximum absolute atomic E-state index is 2.35. The second kappa shape index (κ2) is 8.92. The summed E-state index contributed by atoms with van der Waals surface area (Å²) in [7, 11) is -0.0418. The van der Waals surface area contributed by atoms with Gasteiger partial charge in [0.05, 0.1) is 10.9 Å². The SMILES string of the molecule is CCCC(CC)c1ccc([S+](c2ccccc2)c2ccccc2)cc1. The van der Waals surface area contributed by atoms with Gasteiger partial charge in [-0.15, -0.1) is 0 Å². The molecule has 3 aromatic carbocycles. The molecule has 1 unspecified atom stereocenters. The number of hydrogen-bond donors (Lipinski definition) is 0. The van der Waals surface area contributed by atoms with Crippen molar-refractivity contribution in [2.75, 3.05) is 0 Å². The standard InChI is InChI=1S/C24H27S/c1-3-11-20(4-2)21-16-18-24(19-17-21)25(22-12-7-5-8-13-22)23-14-9-6-10-15-23/h5-10,12-20H,3-4,11H2,1-2H3/q+1. The van der Waals surface area contributed by atoms with Crippen LogP contribution in [0, 0.1) is 0 Å². The summed E-state index contributed by atoms with van der Waals surface area (Å²) in [5.41, 5.74) is 1.48. The Labute approximate surface area is 155 Å². The maximum Gasteiger partial charge on any atom is 0.166 e. The molecule has 0 saturated heterocycles. The summed E-state index contributed by atoms with van der Waals surface area (Å²) in [6.45, 7) is 4.58. The molecule has 0 spiro atoms. The second-order valence-corrected chi connectivity index (χ2v) is 8.42. The highest BCUT2D eigenvalue weighted by atomic mass is 32.2. The lowest BCUT2D eigenvalue weighted by molar-refractivity contribution is 0.595. The van der Waals surface area contributed by atoms with E-state index in [1.165, 1.54) is 39.5 Å². The van der Waals surface area contributed by atoms with Gasteiger partial charge in [0.1, 0.15) is 0 Å². The van der Waals surface area contributed by atoms with Crippen LogP contribution in [0.4, 0.5) is 0 Å². The Morgan fingerprint density at radius 2 is 1.12 bits per heavy atom. The van der Waals surface area contributed by atoms with Crippen molar-refractivity contribution in [1.82, 2.24) is 0 Å². The van der Waals surface area contributed by atoms with Gasteiger partial charge in [-0.3, -0.25) is 0 Å². The van der Waals surface area contributed by atoms with E-state index in [1.54, 1.807) is 0 Å². The normalized spacial score (nSPS) is 12.3. The fraction of sp³-hybridized carbons (Fsp3) is 0.250. The van der Waals surface area contributed by atoms with Gasteiger partial charge in [0.25, 0.3) is 0 Å². The predicted octanol–water partition coefficient (Wildman–Crippen LogP) is 7.08. The molecule has 0 heterocycles. The summed E-state index contributed by atoms with van der Waals surface area (Å²) in [5.74, 6) is 0.689. The van der Waals surface area contributed by atoms with E-state index in [0.717, 1.165) is 0 Å². The minimum absolute atomic E-state index is 0.0418. The Hall–Kier alpha value is -1.99. The minimum atomic E-state index is -0.0418. The van der Waals surface area contributed by atoms with E-state index in [-0.39, 0.29) is 10.9 Å². The van der Waals surface area contributed by atoms with Gasteiger partial charge in [0.2, 0.25) is 0 Å². The molecule has 0 saturated carbocycles. The Kier molecular flexibility index (Phi) is 6.36. The van der Waals surface area contributed by atoms with Crippen LogP contribution >= 0.6 is 0 Å². The van der Waals surface area contributed by atoms with Crippen LogP contribution in [0.2, 0.25) is 0 Å². The van der Waals surface area contributed by atoms with E-state index in [9.17, 15) is 0 Å². The molecule has 0 bridgehead atoms. The van der Waals surface area contributed by atoms with Gasteiger partial charge in [0, 0.05) is 0 Å². The van der Waals surface area contributed by atoms with E-state index >= 15 is 0 Å². The predicted molar refractivity (Wildman–Crippen MR) is 109 cm³/mol. The average Bonchev–Trinajstić information content (AvgIpc) is 2.69. The Balaban J connectivity index is 1.97. The van der Waals surface area contributed by atoms with Crippen LogP contribution in [0.25, 0.3) is 0 Å². The van der Waals surface area contributed by atoms with Gasteiger partial charge in [-0.1, -0.05) is 68.8 Å². The van der Waals surface area contributed by atoms with Gasteiger partial charge < -0.3 is 0 Å². The fourth-order valence-electron chi connectivity index (χ4n) is 3.35. The van der Waals surface area contributed by atoms with Crippen LogP contribution in [0.1, 0.15) is 44.6 Å². The van der Waals surface area contributed by atoms with Crippen molar-refractivity contribution in [2.45, 2.75) is 53.7 Å². The lowest BCUT2D eigenvalue weighted by Crippen LogP contribution is -2.05. The zero-order valence-electron chi connectivity index (χ0n) is 15.2. The van der Waals surface area contributed by atoms with Crippen LogP contribution in [0.15, 0.2) is 99.6 Å². The summed E-state index contributed by atoms with van der Waals surface area (Å²) in [4.78, 5) is 4.15. The van der Waals surface area contributed by atoms with Crippen molar-refractivity contribution >= 4 is 10.9 Å². The van der Waals surface area contributed by atoms with Crippen molar-refractivity contribution in [3.63, 3.8) is 0 Å². The van der Waals surface area contributed by atoms with Crippen molar-refractivity contribution < 1.29 is 0 Å². The third-order valence-corrected chi connectivity index (χ3v) is 6.91. The highest BCUT2D eigenvalue weighted by Crippen LogP contribution is 2.32. The smallest absolute Gasteiger partial charge is 0.0654 e. The molecule has 0 nitrogen and oxygen atoms in total. The number of rotatable bonds is 7. The lowest BCUT2D eigenvalue weighted by atomic mass is 9.92. The van der Waals surface area contributed by atoms with Gasteiger partial charge in [-0.05, 0) is 60.7 Å². The van der Waals surface area contributed by atoms with Gasteiger partial charge in [-0.2, -0.15) is 0 Å². The van der Waals surface area contributed by atoms with E-state index in [4.69, 9.17) is 0 Å². The quantitative estimate of drug-likeness (QED) is 0.401. The Morgan fingerprint density at radius 3 is 1.56 bits per heavy atom. The number of hydrogen-bond acceptors (Lipinski definition) is 0. The first-order valence-electron chi connectivity index (χ1n) is 9.27. The molecule has 0 radical (unpaired) electrons. The molecule has 0 aromatic heterocycles. The van der Waals surface area contributed by atoms with Gasteiger partial charge >= 0.3 is 0 Å². The molecule has 0 aliphatic rings. The van der Waals surface area contributed by atoms with Crippen molar-refractivity contribution in [3.05, 3.63) is 90.5 Å². The van der Waals surface area contributed by atoms with E-state index in [1.807, 2.05) is 0 Å². The molecular formula is C24H27S+. The molecule has 1 atom stereocenters. The van der Waals surface area contributed by atoms with Crippen LogP contribution in [-0.2, 0) is 10.9 Å². The summed E-state index contributed by atoms with van der Waals surface area (Å²) in [6, 6.07) is 31.1. The van der Waals surface area contributed by atoms with Crippen LogP contribution in [-0.4, -0.2) is 0 Å². The molecule has 0 aliphatic heterocycles. The lowest BCUT2D eigenvalue weighted by Gasteiger charge is -2.15. The van der Waals surface area contributed by atoms with Crippen molar-refractivity contribution in [1.29, 1.82) is 0 Å². The molecule has 3 rings (SSSR count). The first kappa shape index (κ1) is 17.8. The van der Waals surface area contributed by atoms with Crippen LogP contribution < -0.4 is 0 Å². The Morgan fingerprint density at radius 1 is 0.640 bits per heavy atom. The highest BCUT2D eigenvalue weighted by Gasteiger charge is 2.28. The molecule has 1 heteroatoms. The molecule has 0 N–H and O–H groups in total. The van der Waals surface area contributed by atoms with Crippen molar-refractivity contribution in [2.24, 2.45) is 0 Å². The van der Waals surface area contributed by atoms with Crippen LogP contribution in [0.3, 0.4) is 0 Å². The Bertz CT molecular complexity index is 708. The van der Waals surface area contributed by atoms with E-state index < -0.39 is 0 Å². The topological polar surface area (TPSA) is 0 Å². The molecule has 3 aromatic rings. The summed E-state index contributed by atoms with van der Waals surface area (Å²) < 4.78 is 0. The van der Waals surface area contributed by atoms with E-state index in [0.29, 0.717) is 5.92 Å². The molecule has 0 amide bonds. The first-order chi connectivity index (χ1) is 12.3. The zero-order chi connectivity index (χ0) is 17.5. The zero-order valence-corrected chi connectivity index (χ0v) is 16.0. The van der Waals surface area contributed by atoms with Crippen molar-refractivity contribution in [3.8, 4) is 0 Å². The average molecular weight is 348 g/mol. The van der Waals surface area contributed by atoms with E-state index in [2.05, 4.69) is 98.8 Å². The summed E-state index contributed by atoms with van der Waals surface area (Å²) in [5, 5.41) is 0. The fourth-order valence-corrected chi connectivity index (χ4v) is 5.44.